The molecular formula is C11H16N2O2. The molecule has 0 aromatic carbocycles. The van der Waals surface area contributed by atoms with Crippen LogP contribution >= 0.6 is 0 Å². The molecule has 0 radical (unpaired) electrons. The highest BCUT2D eigenvalue weighted by atomic mass is 16.3. The van der Waals surface area contributed by atoms with Gasteiger partial charge in [-0.2, -0.15) is 0 Å². The normalized spacial score (nSPS) is 25.3. The largest absolute Gasteiger partial charge is 0.386 e. The highest BCUT2D eigenvalue weighted by Gasteiger charge is 2.53. The van der Waals surface area contributed by atoms with Gasteiger partial charge >= 0.3 is 0 Å². The van der Waals surface area contributed by atoms with E-state index in [9.17, 15) is 9.90 Å². The van der Waals surface area contributed by atoms with E-state index in [1.54, 1.807) is 4.90 Å². The monoisotopic (exact) mass is 208 g/mol. The van der Waals surface area contributed by atoms with Gasteiger partial charge < -0.3 is 15.7 Å². The minimum atomic E-state index is -0.633. The number of carbonyl (C=O) groups is 1. The van der Waals surface area contributed by atoms with Crippen molar-refractivity contribution >= 4 is 5.91 Å². The number of nitrogens with two attached hydrogens (primary N) is 1. The molecule has 3 N–H and O–H groups in total. The van der Waals surface area contributed by atoms with Crippen LogP contribution in [0.3, 0.4) is 0 Å². The summed E-state index contributed by atoms with van der Waals surface area (Å²) >= 11 is 0. The summed E-state index contributed by atoms with van der Waals surface area (Å²) in [4.78, 5) is 13.2. The van der Waals surface area contributed by atoms with Gasteiger partial charge in [0, 0.05) is 6.42 Å². The Morgan fingerprint density at radius 3 is 2.73 bits per heavy atom. The summed E-state index contributed by atoms with van der Waals surface area (Å²) in [6.07, 6.45) is 7.51. The number of hydrogen-bond acceptors (Lipinski definition) is 3. The molecule has 1 amide bonds. The minimum absolute atomic E-state index is 0.140. The molecule has 15 heavy (non-hydrogen) atoms. The van der Waals surface area contributed by atoms with E-state index in [0.29, 0.717) is 19.0 Å². The average molecular weight is 208 g/mol. The number of carbonyl (C=O) groups excluding carboxylic acids is 1. The van der Waals surface area contributed by atoms with Crippen LogP contribution in [0.4, 0.5) is 0 Å². The van der Waals surface area contributed by atoms with Crippen molar-refractivity contribution in [2.45, 2.75) is 30.9 Å². The third-order valence-corrected chi connectivity index (χ3v) is 3.23. The van der Waals surface area contributed by atoms with Crippen LogP contribution in [0, 0.1) is 18.3 Å². The van der Waals surface area contributed by atoms with Crippen molar-refractivity contribution in [3.8, 4) is 12.3 Å². The first kappa shape index (κ1) is 10.5. The fraction of sp³-hybridized carbons (Fsp3) is 0.727. The first-order valence-corrected chi connectivity index (χ1v) is 5.27. The maximum absolute atomic E-state index is 11.6. The summed E-state index contributed by atoms with van der Waals surface area (Å²) in [6, 6.07) is -0.612. The van der Waals surface area contributed by atoms with Gasteiger partial charge in [-0.3, -0.25) is 4.79 Å². The van der Waals surface area contributed by atoms with Crippen molar-refractivity contribution in [1.82, 2.24) is 4.90 Å². The molecule has 1 aliphatic carbocycles. The number of hydrogen-bond donors (Lipinski definition) is 2. The SMILES string of the molecule is C#CCC(N)C(=O)N1CC(O)(C2CC2)C1. The zero-order chi connectivity index (χ0) is 11.1. The van der Waals surface area contributed by atoms with Crippen LogP contribution in [0.5, 0.6) is 0 Å². The molecule has 1 atom stereocenters. The first-order chi connectivity index (χ1) is 7.07. The summed E-state index contributed by atoms with van der Waals surface area (Å²) in [7, 11) is 0. The van der Waals surface area contributed by atoms with Crippen molar-refractivity contribution in [1.29, 1.82) is 0 Å². The zero-order valence-electron chi connectivity index (χ0n) is 8.65. The molecule has 4 heteroatoms. The van der Waals surface area contributed by atoms with Crippen LogP contribution in [0.15, 0.2) is 0 Å². The van der Waals surface area contributed by atoms with Crippen molar-refractivity contribution in [2.75, 3.05) is 13.1 Å². The van der Waals surface area contributed by atoms with Gasteiger partial charge in [0.25, 0.3) is 0 Å². The molecule has 82 valence electrons. The molecule has 0 aromatic heterocycles. The van der Waals surface area contributed by atoms with E-state index in [4.69, 9.17) is 12.2 Å². The molecule has 2 rings (SSSR count). The summed E-state index contributed by atoms with van der Waals surface area (Å²) in [6.45, 7) is 0.851. The molecule has 1 saturated heterocycles. The van der Waals surface area contributed by atoms with Crippen LogP contribution < -0.4 is 5.73 Å². The van der Waals surface area contributed by atoms with Gasteiger partial charge in [0.05, 0.1) is 19.1 Å². The number of β-amino-alcohol motifs (C(OH)–C–C–N with tert-alkyl or cyclic N) is 1. The highest BCUT2D eigenvalue weighted by molar-refractivity contribution is 5.83. The molecule has 0 spiro atoms. The van der Waals surface area contributed by atoms with E-state index >= 15 is 0 Å². The minimum Gasteiger partial charge on any atom is -0.386 e. The van der Waals surface area contributed by atoms with Crippen molar-refractivity contribution in [3.05, 3.63) is 0 Å². The molecular weight excluding hydrogens is 192 g/mol. The molecule has 1 aliphatic heterocycles. The van der Waals surface area contributed by atoms with E-state index in [0.717, 1.165) is 12.8 Å². The predicted octanol–water partition coefficient (Wildman–Crippen LogP) is -0.680. The Hall–Kier alpha value is -1.05. The number of terminal acetylenes is 1. The van der Waals surface area contributed by atoms with Gasteiger partial charge in [-0.05, 0) is 18.8 Å². The van der Waals surface area contributed by atoms with E-state index in [-0.39, 0.29) is 12.3 Å². The fourth-order valence-corrected chi connectivity index (χ4v) is 2.10. The van der Waals surface area contributed by atoms with Crippen LogP contribution in [0.25, 0.3) is 0 Å². The van der Waals surface area contributed by atoms with Gasteiger partial charge in [0.15, 0.2) is 0 Å². The molecule has 2 aliphatic rings. The fourth-order valence-electron chi connectivity index (χ4n) is 2.10. The lowest BCUT2D eigenvalue weighted by Gasteiger charge is -2.47. The van der Waals surface area contributed by atoms with E-state index < -0.39 is 11.6 Å². The number of likely N-dealkylation sites (tertiary alicyclic amines) is 1. The van der Waals surface area contributed by atoms with Crippen LogP contribution in [-0.2, 0) is 4.79 Å². The number of rotatable bonds is 3. The van der Waals surface area contributed by atoms with Crippen LogP contribution in [0.2, 0.25) is 0 Å². The van der Waals surface area contributed by atoms with Crippen molar-refractivity contribution in [2.24, 2.45) is 11.7 Å². The van der Waals surface area contributed by atoms with Crippen LogP contribution in [0.1, 0.15) is 19.3 Å². The Labute approximate surface area is 89.4 Å². The summed E-state index contributed by atoms with van der Waals surface area (Å²) in [5.41, 5.74) is 4.97. The first-order valence-electron chi connectivity index (χ1n) is 5.27. The number of nitrogens with zero attached hydrogens (tertiary/aromatic N) is 1. The van der Waals surface area contributed by atoms with Gasteiger partial charge in [0.2, 0.25) is 5.91 Å². The van der Waals surface area contributed by atoms with E-state index in [1.165, 1.54) is 0 Å². The Morgan fingerprint density at radius 1 is 1.67 bits per heavy atom. The number of amides is 1. The molecule has 1 saturated carbocycles. The molecule has 0 aromatic rings. The molecule has 1 heterocycles. The summed E-state index contributed by atoms with van der Waals surface area (Å²) in [5.74, 6) is 2.63. The third-order valence-electron chi connectivity index (χ3n) is 3.23. The van der Waals surface area contributed by atoms with E-state index in [1.807, 2.05) is 0 Å². The second-order valence-electron chi connectivity index (χ2n) is 4.59. The lowest BCUT2D eigenvalue weighted by Crippen LogP contribution is -2.66. The molecule has 2 fully saturated rings. The highest BCUT2D eigenvalue weighted by Crippen LogP contribution is 2.44. The topological polar surface area (TPSA) is 66.6 Å². The van der Waals surface area contributed by atoms with Gasteiger partial charge in [0.1, 0.15) is 5.60 Å². The lowest BCUT2D eigenvalue weighted by molar-refractivity contribution is -0.160. The Bertz CT molecular complexity index is 311. The molecule has 0 bridgehead atoms. The van der Waals surface area contributed by atoms with Gasteiger partial charge in [-0.15, -0.1) is 12.3 Å². The summed E-state index contributed by atoms with van der Waals surface area (Å²) in [5, 5.41) is 10.0. The second-order valence-corrected chi connectivity index (χ2v) is 4.59. The average Bonchev–Trinajstić information content (AvgIpc) is 2.95. The Morgan fingerprint density at radius 2 is 2.27 bits per heavy atom. The standard InChI is InChI=1S/C11H16N2O2/c1-2-3-9(12)10(14)13-6-11(15,7-13)8-4-5-8/h1,8-9,15H,3-7,12H2. The summed E-state index contributed by atoms with van der Waals surface area (Å²) < 4.78 is 0. The third kappa shape index (κ3) is 1.85. The predicted molar refractivity (Wildman–Crippen MR) is 55.7 cm³/mol. The Kier molecular flexibility index (Phi) is 2.45. The lowest BCUT2D eigenvalue weighted by atomic mass is 9.88. The van der Waals surface area contributed by atoms with Crippen molar-refractivity contribution < 1.29 is 9.90 Å². The van der Waals surface area contributed by atoms with Gasteiger partial charge in [-0.25, -0.2) is 0 Å². The quantitative estimate of drug-likeness (QED) is 0.604. The Balaban J connectivity index is 1.83. The number of aliphatic hydroxyl groups is 1. The van der Waals surface area contributed by atoms with Crippen LogP contribution in [-0.4, -0.2) is 40.6 Å². The maximum atomic E-state index is 11.6. The molecule has 1 unspecified atom stereocenters. The van der Waals surface area contributed by atoms with Gasteiger partial charge in [-0.1, -0.05) is 0 Å². The van der Waals surface area contributed by atoms with E-state index in [2.05, 4.69) is 5.92 Å². The maximum Gasteiger partial charge on any atom is 0.240 e. The molecule has 4 nitrogen and oxygen atoms in total. The zero-order valence-corrected chi connectivity index (χ0v) is 8.65. The van der Waals surface area contributed by atoms with Crippen molar-refractivity contribution in [3.63, 3.8) is 0 Å². The second kappa shape index (κ2) is 3.51. The smallest absolute Gasteiger partial charge is 0.240 e.